The third-order valence-corrected chi connectivity index (χ3v) is 3.26. The summed E-state index contributed by atoms with van der Waals surface area (Å²) in [6.45, 7) is 0. The van der Waals surface area contributed by atoms with Crippen LogP contribution in [0.3, 0.4) is 0 Å². The zero-order valence-electron chi connectivity index (χ0n) is 10.0. The first-order valence-electron chi connectivity index (χ1n) is 5.90. The van der Waals surface area contributed by atoms with Crippen molar-refractivity contribution in [3.8, 4) is 0 Å². The second-order valence-corrected chi connectivity index (χ2v) is 4.55. The Morgan fingerprint density at radius 3 is 2.67 bits per heavy atom. The van der Waals surface area contributed by atoms with Gasteiger partial charge in [0, 0.05) is 18.4 Å². The third kappa shape index (κ3) is 3.29. The Kier molecular flexibility index (Phi) is 4.70. The zero-order valence-corrected chi connectivity index (χ0v) is 10.8. The molecule has 1 atom stereocenters. The number of rotatable bonds is 5. The van der Waals surface area contributed by atoms with Gasteiger partial charge in [0.15, 0.2) is 0 Å². The van der Waals surface area contributed by atoms with E-state index in [2.05, 4.69) is 22.5 Å². The molecule has 94 valence electrons. The minimum atomic E-state index is 0.0423. The van der Waals surface area contributed by atoms with Crippen molar-refractivity contribution in [2.45, 2.75) is 18.9 Å². The Bertz CT molecular complexity index is 487. The molecule has 18 heavy (non-hydrogen) atoms. The highest BCUT2D eigenvalue weighted by molar-refractivity contribution is 6.31. The molecule has 0 fully saturated rings. The normalized spacial score (nSPS) is 12.3. The van der Waals surface area contributed by atoms with Crippen LogP contribution >= 0.6 is 11.6 Å². The highest BCUT2D eigenvalue weighted by Crippen LogP contribution is 2.24. The number of nitrogens with one attached hydrogen (secondary N) is 1. The molecule has 0 bridgehead atoms. The molecule has 2 aromatic rings. The van der Waals surface area contributed by atoms with Crippen LogP contribution in [0.25, 0.3) is 0 Å². The van der Waals surface area contributed by atoms with Crippen molar-refractivity contribution in [1.29, 1.82) is 0 Å². The van der Waals surface area contributed by atoms with E-state index in [4.69, 9.17) is 17.4 Å². The van der Waals surface area contributed by atoms with Gasteiger partial charge in [-0.3, -0.25) is 16.3 Å². The maximum absolute atomic E-state index is 6.12. The van der Waals surface area contributed by atoms with Crippen molar-refractivity contribution in [2.75, 3.05) is 0 Å². The van der Waals surface area contributed by atoms with Crippen LogP contribution in [0.1, 0.15) is 23.6 Å². The molecule has 2 rings (SSSR count). The summed E-state index contributed by atoms with van der Waals surface area (Å²) in [5, 5.41) is 0.647. The lowest BCUT2D eigenvalue weighted by Gasteiger charge is -2.17. The van der Waals surface area contributed by atoms with Gasteiger partial charge in [0.25, 0.3) is 0 Å². The van der Waals surface area contributed by atoms with E-state index in [0.717, 1.165) is 18.4 Å². The molecule has 1 heterocycles. The number of hydrogen-bond acceptors (Lipinski definition) is 3. The maximum Gasteiger partial charge on any atom is 0.0637 e. The van der Waals surface area contributed by atoms with E-state index in [9.17, 15) is 0 Å². The van der Waals surface area contributed by atoms with E-state index >= 15 is 0 Å². The van der Waals surface area contributed by atoms with Gasteiger partial charge in [-0.15, -0.1) is 0 Å². The predicted molar refractivity (Wildman–Crippen MR) is 74.1 cm³/mol. The number of aryl methyl sites for hydroxylation is 1. The van der Waals surface area contributed by atoms with E-state index in [-0.39, 0.29) is 6.04 Å². The summed E-state index contributed by atoms with van der Waals surface area (Å²) in [6.07, 6.45) is 5.22. The minimum absolute atomic E-state index is 0.0423. The summed E-state index contributed by atoms with van der Waals surface area (Å²) < 4.78 is 0. The van der Waals surface area contributed by atoms with E-state index in [1.54, 1.807) is 12.4 Å². The summed E-state index contributed by atoms with van der Waals surface area (Å²) in [5.74, 6) is 5.61. The lowest BCUT2D eigenvalue weighted by Crippen LogP contribution is -2.28. The van der Waals surface area contributed by atoms with Crippen molar-refractivity contribution in [2.24, 2.45) is 5.84 Å². The number of hydrogen-bond donors (Lipinski definition) is 2. The number of nitrogens with zero attached hydrogens (tertiary/aromatic N) is 1. The first kappa shape index (κ1) is 13.0. The fourth-order valence-electron chi connectivity index (χ4n) is 1.95. The van der Waals surface area contributed by atoms with Crippen molar-refractivity contribution < 1.29 is 0 Å². The summed E-state index contributed by atoms with van der Waals surface area (Å²) in [5.41, 5.74) is 5.10. The van der Waals surface area contributed by atoms with Crippen LogP contribution in [0.2, 0.25) is 5.02 Å². The Morgan fingerprint density at radius 2 is 2.00 bits per heavy atom. The molecule has 1 aromatic carbocycles. The number of nitrogens with two attached hydrogens (primary N) is 1. The molecule has 0 aliphatic rings. The van der Waals surface area contributed by atoms with Crippen LogP contribution in [0.4, 0.5) is 0 Å². The molecule has 1 aromatic heterocycles. The Morgan fingerprint density at radius 1 is 1.22 bits per heavy atom. The van der Waals surface area contributed by atoms with Crippen molar-refractivity contribution in [1.82, 2.24) is 10.4 Å². The van der Waals surface area contributed by atoms with Gasteiger partial charge in [0.2, 0.25) is 0 Å². The summed E-state index contributed by atoms with van der Waals surface area (Å²) >= 11 is 6.12. The number of aromatic nitrogens is 1. The molecule has 0 saturated carbocycles. The van der Waals surface area contributed by atoms with Gasteiger partial charge >= 0.3 is 0 Å². The van der Waals surface area contributed by atoms with E-state index in [1.807, 2.05) is 24.3 Å². The standard InChI is InChI=1S/C14H16ClN3/c15-13-10-17-9-8-12(13)14(18-16)7-6-11-4-2-1-3-5-11/h1-5,8-10,14,18H,6-7,16H2. The molecule has 3 N–H and O–H groups in total. The van der Waals surface area contributed by atoms with Crippen LogP contribution < -0.4 is 11.3 Å². The van der Waals surface area contributed by atoms with Crippen molar-refractivity contribution in [3.63, 3.8) is 0 Å². The molecule has 0 saturated heterocycles. The molecule has 0 aliphatic carbocycles. The molecule has 0 aliphatic heterocycles. The fraction of sp³-hybridized carbons (Fsp3) is 0.214. The van der Waals surface area contributed by atoms with Gasteiger partial charge in [-0.2, -0.15) is 0 Å². The molecule has 4 heteroatoms. The predicted octanol–water partition coefficient (Wildman–Crippen LogP) is 2.87. The molecule has 3 nitrogen and oxygen atoms in total. The van der Waals surface area contributed by atoms with Gasteiger partial charge in [0.1, 0.15) is 0 Å². The Labute approximate surface area is 112 Å². The first-order chi connectivity index (χ1) is 8.81. The first-order valence-corrected chi connectivity index (χ1v) is 6.28. The topological polar surface area (TPSA) is 50.9 Å². The van der Waals surface area contributed by atoms with Crippen LogP contribution in [0.5, 0.6) is 0 Å². The lowest BCUT2D eigenvalue weighted by molar-refractivity contribution is 0.516. The number of pyridine rings is 1. The number of halogens is 1. The molecular formula is C14H16ClN3. The van der Waals surface area contributed by atoms with Crippen LogP contribution in [0.15, 0.2) is 48.8 Å². The van der Waals surface area contributed by atoms with Gasteiger partial charge in [0.05, 0.1) is 5.02 Å². The number of benzene rings is 1. The largest absolute Gasteiger partial charge is 0.271 e. The van der Waals surface area contributed by atoms with Gasteiger partial charge in [-0.1, -0.05) is 41.9 Å². The van der Waals surface area contributed by atoms with Crippen molar-refractivity contribution in [3.05, 3.63) is 64.9 Å². The van der Waals surface area contributed by atoms with Gasteiger partial charge in [-0.05, 0) is 30.0 Å². The number of hydrazine groups is 1. The monoisotopic (exact) mass is 261 g/mol. The highest BCUT2D eigenvalue weighted by atomic mass is 35.5. The highest BCUT2D eigenvalue weighted by Gasteiger charge is 2.12. The molecule has 1 unspecified atom stereocenters. The fourth-order valence-corrected chi connectivity index (χ4v) is 2.20. The maximum atomic E-state index is 6.12. The average molecular weight is 262 g/mol. The van der Waals surface area contributed by atoms with Gasteiger partial charge < -0.3 is 0 Å². The zero-order chi connectivity index (χ0) is 12.8. The smallest absolute Gasteiger partial charge is 0.0637 e. The molecular weight excluding hydrogens is 246 g/mol. The second-order valence-electron chi connectivity index (χ2n) is 4.14. The Hall–Kier alpha value is -1.42. The molecule has 0 radical (unpaired) electrons. The van der Waals surface area contributed by atoms with Crippen LogP contribution in [-0.4, -0.2) is 4.98 Å². The third-order valence-electron chi connectivity index (χ3n) is 2.94. The van der Waals surface area contributed by atoms with Crippen LogP contribution in [0, 0.1) is 0 Å². The summed E-state index contributed by atoms with van der Waals surface area (Å²) in [4.78, 5) is 3.98. The minimum Gasteiger partial charge on any atom is -0.271 e. The lowest BCUT2D eigenvalue weighted by atomic mass is 10.0. The molecule has 0 spiro atoms. The van der Waals surface area contributed by atoms with Crippen molar-refractivity contribution >= 4 is 11.6 Å². The van der Waals surface area contributed by atoms with E-state index in [1.165, 1.54) is 5.56 Å². The van der Waals surface area contributed by atoms with Crippen LogP contribution in [-0.2, 0) is 6.42 Å². The summed E-state index contributed by atoms with van der Waals surface area (Å²) in [6, 6.07) is 12.3. The van der Waals surface area contributed by atoms with Gasteiger partial charge in [-0.25, -0.2) is 0 Å². The second kappa shape index (κ2) is 6.50. The summed E-state index contributed by atoms with van der Waals surface area (Å²) in [7, 11) is 0. The SMILES string of the molecule is NNC(CCc1ccccc1)c1ccncc1Cl. The molecule has 0 amide bonds. The average Bonchev–Trinajstić information content (AvgIpc) is 2.42. The quantitative estimate of drug-likeness (QED) is 0.643. The van der Waals surface area contributed by atoms with E-state index in [0.29, 0.717) is 5.02 Å². The van der Waals surface area contributed by atoms with E-state index < -0.39 is 0 Å². The Balaban J connectivity index is 2.04.